The molecule has 0 fully saturated rings. The molecule has 1 aromatic carbocycles. The molecule has 0 heterocycles. The first-order chi connectivity index (χ1) is 8.95. The molecule has 0 aliphatic rings. The molecule has 0 unspecified atom stereocenters. The maximum atomic E-state index is 9.79. The molecule has 0 aromatic heterocycles. The Morgan fingerprint density at radius 2 is 2.05 bits per heavy atom. The van der Waals surface area contributed by atoms with Crippen molar-refractivity contribution in [2.45, 2.75) is 33.0 Å². The predicted octanol–water partition coefficient (Wildman–Crippen LogP) is 2.47. The largest absolute Gasteiger partial charge is 0.389 e. The monoisotopic (exact) mass is 262 g/mol. The molecule has 0 spiro atoms. The third kappa shape index (κ3) is 4.55. The maximum Gasteiger partial charge on any atom is 0.0992 e. The van der Waals surface area contributed by atoms with Crippen LogP contribution in [0.2, 0.25) is 0 Å². The highest BCUT2D eigenvalue weighted by atomic mass is 16.5. The summed E-state index contributed by atoms with van der Waals surface area (Å²) in [7, 11) is 1.94. The van der Waals surface area contributed by atoms with Crippen LogP contribution in [0.25, 0.3) is 0 Å². The van der Waals surface area contributed by atoms with Crippen LogP contribution >= 0.6 is 0 Å². The molecule has 0 aliphatic carbocycles. The third-order valence-electron chi connectivity index (χ3n) is 2.90. The number of aliphatic hydroxyl groups is 1. The van der Waals surface area contributed by atoms with Gasteiger partial charge in [0, 0.05) is 24.8 Å². The van der Waals surface area contributed by atoms with Crippen LogP contribution in [0, 0.1) is 11.3 Å². The fourth-order valence-electron chi connectivity index (χ4n) is 1.84. The maximum absolute atomic E-state index is 9.79. The lowest BCUT2D eigenvalue weighted by Gasteiger charge is -2.24. The van der Waals surface area contributed by atoms with Crippen molar-refractivity contribution in [3.63, 3.8) is 0 Å². The van der Waals surface area contributed by atoms with Crippen molar-refractivity contribution < 1.29 is 9.84 Å². The van der Waals surface area contributed by atoms with Gasteiger partial charge in [0.2, 0.25) is 0 Å². The first-order valence-electron chi connectivity index (χ1n) is 6.50. The van der Waals surface area contributed by atoms with Gasteiger partial charge in [-0.1, -0.05) is 6.07 Å². The highest BCUT2D eigenvalue weighted by Crippen LogP contribution is 2.26. The van der Waals surface area contributed by atoms with Crippen molar-refractivity contribution in [3.05, 3.63) is 29.3 Å². The van der Waals surface area contributed by atoms with Gasteiger partial charge in [0.1, 0.15) is 0 Å². The third-order valence-corrected chi connectivity index (χ3v) is 2.90. The van der Waals surface area contributed by atoms with E-state index in [0.717, 1.165) is 11.3 Å². The summed E-state index contributed by atoms with van der Waals surface area (Å²) < 4.78 is 5.52. The Kier molecular flexibility index (Phi) is 5.81. The number of rotatable bonds is 6. The van der Waals surface area contributed by atoms with Gasteiger partial charge in [0.05, 0.1) is 30.4 Å². The Labute approximate surface area is 115 Å². The number of nitrogens with zero attached hydrogens (tertiary/aromatic N) is 2. The van der Waals surface area contributed by atoms with Gasteiger partial charge in [-0.25, -0.2) is 0 Å². The Hall–Kier alpha value is -1.57. The van der Waals surface area contributed by atoms with Gasteiger partial charge in [-0.3, -0.25) is 0 Å². The van der Waals surface area contributed by atoms with Crippen LogP contribution in [-0.4, -0.2) is 31.4 Å². The Morgan fingerprint density at radius 1 is 1.37 bits per heavy atom. The molecule has 0 saturated carbocycles. The van der Waals surface area contributed by atoms with E-state index in [1.54, 1.807) is 25.1 Å². The van der Waals surface area contributed by atoms with E-state index in [0.29, 0.717) is 18.7 Å². The summed E-state index contributed by atoms with van der Waals surface area (Å²) in [5, 5.41) is 18.8. The smallest absolute Gasteiger partial charge is 0.0992 e. The number of hydrogen-bond acceptors (Lipinski definition) is 4. The number of ether oxygens (including phenoxy) is 1. The minimum absolute atomic E-state index is 0.204. The molecule has 1 N–H and O–H groups in total. The molecule has 0 radical (unpaired) electrons. The van der Waals surface area contributed by atoms with Crippen molar-refractivity contribution in [1.82, 2.24) is 0 Å². The molecule has 1 atom stereocenters. The molecule has 0 saturated heterocycles. The van der Waals surface area contributed by atoms with Gasteiger partial charge in [-0.05, 0) is 32.9 Å². The molecule has 19 heavy (non-hydrogen) atoms. The average molecular weight is 262 g/mol. The summed E-state index contributed by atoms with van der Waals surface area (Å²) in [6, 6.07) is 7.46. The second kappa shape index (κ2) is 7.13. The summed E-state index contributed by atoms with van der Waals surface area (Å²) in [6.07, 6.45) is -0.355. The first kappa shape index (κ1) is 15.5. The molecule has 4 nitrogen and oxygen atoms in total. The Bertz CT molecular complexity index is 450. The van der Waals surface area contributed by atoms with Crippen LogP contribution < -0.4 is 4.90 Å². The highest BCUT2D eigenvalue weighted by Gasteiger charge is 2.12. The van der Waals surface area contributed by atoms with Crippen LogP contribution in [0.1, 0.15) is 38.0 Å². The lowest BCUT2D eigenvalue weighted by molar-refractivity contribution is 0.0845. The van der Waals surface area contributed by atoms with Gasteiger partial charge < -0.3 is 14.7 Å². The van der Waals surface area contributed by atoms with E-state index >= 15 is 0 Å². The molecular weight excluding hydrogens is 240 g/mol. The van der Waals surface area contributed by atoms with E-state index in [1.165, 1.54) is 0 Å². The van der Waals surface area contributed by atoms with Gasteiger partial charge in [-0.2, -0.15) is 5.26 Å². The molecule has 1 aromatic rings. The van der Waals surface area contributed by atoms with E-state index < -0.39 is 6.10 Å². The topological polar surface area (TPSA) is 56.5 Å². The van der Waals surface area contributed by atoms with Crippen LogP contribution in [0.3, 0.4) is 0 Å². The van der Waals surface area contributed by atoms with Crippen LogP contribution in [0.5, 0.6) is 0 Å². The van der Waals surface area contributed by atoms with E-state index in [2.05, 4.69) is 6.07 Å². The second-order valence-corrected chi connectivity index (χ2v) is 4.90. The molecule has 4 heteroatoms. The molecule has 0 amide bonds. The van der Waals surface area contributed by atoms with Gasteiger partial charge >= 0.3 is 0 Å². The van der Waals surface area contributed by atoms with E-state index in [4.69, 9.17) is 10.00 Å². The number of benzene rings is 1. The van der Waals surface area contributed by atoms with Crippen LogP contribution in [0.4, 0.5) is 5.69 Å². The summed E-state index contributed by atoms with van der Waals surface area (Å²) in [5.41, 5.74) is 2.29. The lowest BCUT2D eigenvalue weighted by Crippen LogP contribution is -2.25. The highest BCUT2D eigenvalue weighted by molar-refractivity contribution is 5.58. The van der Waals surface area contributed by atoms with Crippen molar-refractivity contribution in [2.75, 3.05) is 25.1 Å². The second-order valence-electron chi connectivity index (χ2n) is 4.90. The first-order valence-corrected chi connectivity index (χ1v) is 6.50. The number of nitriles is 1. The number of hydrogen-bond donors (Lipinski definition) is 1. The van der Waals surface area contributed by atoms with Crippen LogP contribution in [-0.2, 0) is 4.74 Å². The summed E-state index contributed by atoms with van der Waals surface area (Å²) >= 11 is 0. The zero-order valence-electron chi connectivity index (χ0n) is 12.1. The van der Waals surface area contributed by atoms with Crippen molar-refractivity contribution >= 4 is 5.69 Å². The normalized spacial score (nSPS) is 12.3. The van der Waals surface area contributed by atoms with Gasteiger partial charge in [0.15, 0.2) is 0 Å². The molecule has 104 valence electrons. The van der Waals surface area contributed by atoms with Crippen molar-refractivity contribution in [3.8, 4) is 6.07 Å². The fourth-order valence-corrected chi connectivity index (χ4v) is 1.84. The Morgan fingerprint density at radius 3 is 2.58 bits per heavy atom. The van der Waals surface area contributed by atoms with Gasteiger partial charge in [-0.15, -0.1) is 0 Å². The number of likely N-dealkylation sites (N-methyl/N-ethyl adjacent to an activating group) is 1. The fraction of sp³-hybridized carbons (Fsp3) is 0.533. The van der Waals surface area contributed by atoms with Crippen molar-refractivity contribution in [2.24, 2.45) is 0 Å². The zero-order chi connectivity index (χ0) is 14.4. The lowest BCUT2D eigenvalue weighted by atomic mass is 10.0. The number of aliphatic hydroxyl groups excluding tert-OH is 1. The summed E-state index contributed by atoms with van der Waals surface area (Å²) in [6.45, 7) is 7.05. The standard InChI is InChI=1S/C15H22N2O2/c1-11(2)19-8-7-17(4)15-9-13(10-16)5-6-14(15)12(3)18/h5-6,9,11-12,18H,7-8H2,1-4H3/t12-/m0/s1. The van der Waals surface area contributed by atoms with Crippen LogP contribution in [0.15, 0.2) is 18.2 Å². The van der Waals surface area contributed by atoms with E-state index in [-0.39, 0.29) is 6.10 Å². The predicted molar refractivity (Wildman–Crippen MR) is 76.1 cm³/mol. The number of anilines is 1. The van der Waals surface area contributed by atoms with E-state index in [1.807, 2.05) is 25.8 Å². The Balaban J connectivity index is 2.87. The SMILES string of the molecule is CC(C)OCCN(C)c1cc(C#N)ccc1[C@H](C)O. The molecule has 1 rings (SSSR count). The zero-order valence-corrected chi connectivity index (χ0v) is 12.1. The molecule has 0 bridgehead atoms. The summed E-state index contributed by atoms with van der Waals surface area (Å²) in [5.74, 6) is 0. The van der Waals surface area contributed by atoms with Crippen molar-refractivity contribution in [1.29, 1.82) is 5.26 Å². The van der Waals surface area contributed by atoms with E-state index in [9.17, 15) is 5.11 Å². The molecule has 0 aliphatic heterocycles. The van der Waals surface area contributed by atoms with Gasteiger partial charge in [0.25, 0.3) is 0 Å². The minimum atomic E-state index is -0.559. The quantitative estimate of drug-likeness (QED) is 0.855. The molecular formula is C15H22N2O2. The average Bonchev–Trinajstić information content (AvgIpc) is 2.37. The minimum Gasteiger partial charge on any atom is -0.389 e. The summed E-state index contributed by atoms with van der Waals surface area (Å²) in [4.78, 5) is 2.01.